The van der Waals surface area contributed by atoms with Gasteiger partial charge in [0.15, 0.2) is 5.22 Å². The van der Waals surface area contributed by atoms with Gasteiger partial charge in [0.25, 0.3) is 5.91 Å². The summed E-state index contributed by atoms with van der Waals surface area (Å²) < 4.78 is 12.0. The summed E-state index contributed by atoms with van der Waals surface area (Å²) >= 11 is 7.17. The summed E-state index contributed by atoms with van der Waals surface area (Å²) in [5, 5.41) is 8.99. The Morgan fingerprint density at radius 3 is 2.33 bits per heavy atom. The molecule has 2 aliphatic heterocycles. The lowest BCUT2D eigenvalue weighted by molar-refractivity contribution is -0.124. The number of nitrogens with zero attached hydrogens (tertiary/aromatic N) is 2. The summed E-state index contributed by atoms with van der Waals surface area (Å²) in [6, 6.07) is 38.3. The number of anilines is 1. The maximum absolute atomic E-state index is 14.8. The first-order chi connectivity index (χ1) is 22.0. The number of carbonyl (C=O) groups is 1. The Kier molecular flexibility index (Phi) is 6.58. The minimum atomic E-state index is -0.537. The van der Waals surface area contributed by atoms with Crippen molar-refractivity contribution in [3.63, 3.8) is 0 Å². The number of hydrogen-bond donors (Lipinski definition) is 0. The number of ether oxygens (including phenoxy) is 2. The lowest BCUT2D eigenvalue weighted by Gasteiger charge is -2.45. The van der Waals surface area contributed by atoms with Gasteiger partial charge in [-0.25, -0.2) is 5.01 Å². The number of allylic oxidation sites excluding steroid dienone is 3. The fourth-order valence-electron chi connectivity index (χ4n) is 6.91. The summed E-state index contributed by atoms with van der Waals surface area (Å²) in [4.78, 5) is 14.8. The van der Waals surface area contributed by atoms with Crippen LogP contribution in [0.25, 0.3) is 16.3 Å². The van der Waals surface area contributed by atoms with Gasteiger partial charge in [0.1, 0.15) is 11.5 Å². The van der Waals surface area contributed by atoms with Crippen LogP contribution in [0.3, 0.4) is 0 Å². The van der Waals surface area contributed by atoms with Crippen LogP contribution in [0.1, 0.15) is 28.2 Å². The van der Waals surface area contributed by atoms with Crippen molar-refractivity contribution in [2.24, 2.45) is 16.9 Å². The molecule has 0 aromatic heterocycles. The number of methoxy groups -OCH3 is 1. The van der Waals surface area contributed by atoms with Crippen molar-refractivity contribution in [1.82, 2.24) is 0 Å². The summed E-state index contributed by atoms with van der Waals surface area (Å²) in [6.07, 6.45) is 2.20. The quantitative estimate of drug-likeness (QED) is 0.205. The molecule has 0 saturated heterocycles. The number of hydrazone groups is 1. The lowest BCUT2D eigenvalue weighted by Crippen LogP contribution is -2.49. The molecular formula is C39H29ClN2O3. The van der Waals surface area contributed by atoms with E-state index >= 15 is 0 Å². The highest BCUT2D eigenvalue weighted by molar-refractivity contribution is 6.31. The normalized spacial score (nSPS) is 20.5. The van der Waals surface area contributed by atoms with E-state index in [1.807, 2.05) is 66.7 Å². The minimum Gasteiger partial charge on any atom is -0.497 e. The first kappa shape index (κ1) is 27.4. The second-order valence-electron chi connectivity index (χ2n) is 11.7. The molecule has 0 N–H and O–H groups in total. The molecule has 8 rings (SSSR count). The van der Waals surface area contributed by atoms with Gasteiger partial charge in [0, 0.05) is 28.4 Å². The summed E-state index contributed by atoms with van der Waals surface area (Å²) in [6.45, 7) is 2.06. The fourth-order valence-corrected chi connectivity index (χ4v) is 7.21. The molecule has 1 aliphatic carbocycles. The molecule has 3 aliphatic rings. The fraction of sp³-hybridized carbons (Fsp3) is 0.128. The first-order valence-electron chi connectivity index (χ1n) is 15.0. The molecular weight excluding hydrogens is 580 g/mol. The number of para-hydroxylation sites is 1. The molecule has 0 radical (unpaired) electrons. The zero-order valence-corrected chi connectivity index (χ0v) is 25.5. The van der Waals surface area contributed by atoms with Crippen LogP contribution in [0.4, 0.5) is 5.69 Å². The molecule has 5 aromatic rings. The van der Waals surface area contributed by atoms with Crippen molar-refractivity contribution in [3.8, 4) is 11.5 Å². The number of halogens is 1. The maximum atomic E-state index is 14.8. The van der Waals surface area contributed by atoms with E-state index in [-0.39, 0.29) is 17.0 Å². The topological polar surface area (TPSA) is 51.1 Å². The molecule has 1 amide bonds. The van der Waals surface area contributed by atoms with E-state index in [9.17, 15) is 4.79 Å². The predicted octanol–water partition coefficient (Wildman–Crippen LogP) is 8.86. The van der Waals surface area contributed by atoms with Crippen LogP contribution in [-0.4, -0.2) is 18.7 Å². The molecule has 0 spiro atoms. The number of fused-ring (bicyclic) bond motifs is 7. The average molecular weight is 609 g/mol. The maximum Gasteiger partial charge on any atom is 0.252 e. The molecule has 3 unspecified atom stereocenters. The molecule has 3 atom stereocenters. The third-order valence-corrected chi connectivity index (χ3v) is 9.39. The third-order valence-electron chi connectivity index (χ3n) is 9.11. The van der Waals surface area contributed by atoms with E-state index in [1.165, 1.54) is 0 Å². The van der Waals surface area contributed by atoms with Crippen LogP contribution >= 0.6 is 11.6 Å². The Morgan fingerprint density at radius 1 is 0.844 bits per heavy atom. The van der Waals surface area contributed by atoms with Crippen LogP contribution in [0.2, 0.25) is 0 Å². The van der Waals surface area contributed by atoms with E-state index in [2.05, 4.69) is 61.5 Å². The number of hydrogen-bond acceptors (Lipinski definition) is 4. The number of carbonyl (C=O) groups excluding carboxylic acids is 1. The number of rotatable bonds is 4. The smallest absolute Gasteiger partial charge is 0.252 e. The van der Waals surface area contributed by atoms with E-state index < -0.39 is 11.8 Å². The molecule has 0 fully saturated rings. The first-order valence-corrected chi connectivity index (χ1v) is 15.4. The second-order valence-corrected chi connectivity index (χ2v) is 12.0. The monoisotopic (exact) mass is 608 g/mol. The number of amides is 1. The summed E-state index contributed by atoms with van der Waals surface area (Å²) in [7, 11) is 1.66. The van der Waals surface area contributed by atoms with E-state index in [0.717, 1.165) is 61.4 Å². The van der Waals surface area contributed by atoms with Crippen molar-refractivity contribution in [3.05, 3.63) is 154 Å². The zero-order chi connectivity index (χ0) is 30.7. The largest absolute Gasteiger partial charge is 0.497 e. The van der Waals surface area contributed by atoms with E-state index in [0.29, 0.717) is 5.69 Å². The van der Waals surface area contributed by atoms with Crippen LogP contribution in [0.5, 0.6) is 11.5 Å². The molecule has 220 valence electrons. The van der Waals surface area contributed by atoms with E-state index in [4.69, 9.17) is 26.2 Å². The Balaban J connectivity index is 1.41. The van der Waals surface area contributed by atoms with Crippen LogP contribution in [0, 0.1) is 18.8 Å². The molecule has 0 saturated carbocycles. The standard InChI is InChI=1S/C39H29ClN2O3/c1-23-12-14-26(15-13-23)36-35-33-32(30-21-18-24-8-6-7-11-29(24)37(30)45-38(33)40)22-31(25-16-19-28(44-2)20-17-25)34(35)39(43)42(41-36)27-9-4-3-5-10-27/h3-22,31,34-35H,1-2H3. The van der Waals surface area contributed by atoms with Crippen molar-refractivity contribution in [2.45, 2.75) is 12.8 Å². The lowest BCUT2D eigenvalue weighted by atomic mass is 9.63. The van der Waals surface area contributed by atoms with Crippen LogP contribution in [-0.2, 0) is 4.79 Å². The average Bonchev–Trinajstić information content (AvgIpc) is 3.09. The van der Waals surface area contributed by atoms with Crippen molar-refractivity contribution in [2.75, 3.05) is 12.1 Å². The highest BCUT2D eigenvalue weighted by atomic mass is 35.5. The molecule has 45 heavy (non-hydrogen) atoms. The molecule has 0 bridgehead atoms. The third kappa shape index (κ3) is 4.46. The van der Waals surface area contributed by atoms with Gasteiger partial charge in [0.2, 0.25) is 0 Å². The Labute approximate surface area is 266 Å². The summed E-state index contributed by atoms with van der Waals surface area (Å²) in [5.41, 5.74) is 7.27. The molecule has 5 nitrogen and oxygen atoms in total. The number of benzene rings is 5. The number of aryl methyl sites for hydroxylation is 1. The Bertz CT molecular complexity index is 2060. The minimum absolute atomic E-state index is 0.0977. The van der Waals surface area contributed by atoms with Crippen molar-refractivity contribution in [1.29, 1.82) is 0 Å². The molecule has 2 heterocycles. The van der Waals surface area contributed by atoms with Crippen LogP contribution < -0.4 is 14.5 Å². The van der Waals surface area contributed by atoms with Gasteiger partial charge in [-0.3, -0.25) is 4.79 Å². The van der Waals surface area contributed by atoms with Gasteiger partial charge in [0.05, 0.1) is 24.4 Å². The van der Waals surface area contributed by atoms with Gasteiger partial charge in [-0.05, 0) is 70.9 Å². The van der Waals surface area contributed by atoms with Crippen molar-refractivity contribution < 1.29 is 14.3 Å². The summed E-state index contributed by atoms with van der Waals surface area (Å²) in [5.74, 6) is 0.107. The van der Waals surface area contributed by atoms with Gasteiger partial charge in [-0.15, -0.1) is 0 Å². The highest BCUT2D eigenvalue weighted by Gasteiger charge is 2.51. The Morgan fingerprint density at radius 2 is 1.58 bits per heavy atom. The Hall–Kier alpha value is -5.13. The second kappa shape index (κ2) is 10.8. The predicted molar refractivity (Wildman–Crippen MR) is 180 cm³/mol. The van der Waals surface area contributed by atoms with Crippen molar-refractivity contribution >= 4 is 45.3 Å². The van der Waals surface area contributed by atoms with E-state index in [1.54, 1.807) is 12.1 Å². The van der Waals surface area contributed by atoms with Gasteiger partial charge in [-0.1, -0.05) is 96.6 Å². The molecule has 5 aromatic carbocycles. The van der Waals surface area contributed by atoms with Gasteiger partial charge < -0.3 is 9.47 Å². The van der Waals surface area contributed by atoms with Gasteiger partial charge in [-0.2, -0.15) is 5.10 Å². The zero-order valence-electron chi connectivity index (χ0n) is 24.8. The highest BCUT2D eigenvalue weighted by Crippen LogP contribution is 2.56. The SMILES string of the molecule is COc1ccc(C2C=C3C(=C(Cl)Oc4c3ccc3ccccc43)C3C(c4ccc(C)cc4)=NN(c4ccccc4)C(=O)C32)cc1. The molecule has 6 heteroatoms. The van der Waals surface area contributed by atoms with Crippen LogP contribution in [0.15, 0.2) is 137 Å². The van der Waals surface area contributed by atoms with Gasteiger partial charge >= 0.3 is 0 Å².